The summed E-state index contributed by atoms with van der Waals surface area (Å²) in [5.74, 6) is -0.308. The van der Waals surface area contributed by atoms with E-state index in [-0.39, 0.29) is 19.4 Å². The molecule has 1 aromatic rings. The maximum absolute atomic E-state index is 11.7. The summed E-state index contributed by atoms with van der Waals surface area (Å²) in [6.45, 7) is -0.429. The zero-order valence-electron chi connectivity index (χ0n) is 11.5. The van der Waals surface area contributed by atoms with Crippen molar-refractivity contribution in [3.05, 3.63) is 28.2 Å². The van der Waals surface area contributed by atoms with Crippen molar-refractivity contribution in [2.75, 3.05) is 33.6 Å². The van der Waals surface area contributed by atoms with E-state index in [0.29, 0.717) is 15.8 Å². The molecule has 0 fully saturated rings. The average molecular weight is 357 g/mol. The lowest BCUT2D eigenvalue weighted by atomic mass is 10.3. The number of ether oxygens (including phenoxy) is 2. The molecule has 0 atom stereocenters. The van der Waals surface area contributed by atoms with Crippen LogP contribution in [-0.4, -0.2) is 39.6 Å². The van der Waals surface area contributed by atoms with Gasteiger partial charge in [-0.05, 0) is 18.2 Å². The highest BCUT2D eigenvalue weighted by molar-refractivity contribution is 7.53. The number of rotatable bonds is 8. The fraction of sp³-hybridized carbons (Fsp3) is 0.417. The number of hydrogen-bond acceptors (Lipinski definition) is 6. The molecule has 9 heteroatoms. The van der Waals surface area contributed by atoms with E-state index in [0.717, 1.165) is 0 Å². The molecule has 0 spiro atoms. The number of hydrogen-bond donors (Lipinski definition) is 0. The normalized spacial score (nSPS) is 11.2. The van der Waals surface area contributed by atoms with Gasteiger partial charge in [-0.2, -0.15) is 0 Å². The molecule has 0 radical (unpaired) electrons. The van der Waals surface area contributed by atoms with Crippen LogP contribution in [0.2, 0.25) is 10.0 Å². The molecule has 0 bridgehead atoms. The molecule has 0 heterocycles. The van der Waals surface area contributed by atoms with Gasteiger partial charge >= 0.3 is 13.6 Å². The van der Waals surface area contributed by atoms with Crippen LogP contribution in [0.1, 0.15) is 0 Å². The van der Waals surface area contributed by atoms with Gasteiger partial charge in [-0.15, -0.1) is 0 Å². The lowest BCUT2D eigenvalue weighted by Crippen LogP contribution is -2.17. The van der Waals surface area contributed by atoms with E-state index >= 15 is 0 Å². The molecule has 0 N–H and O–H groups in total. The van der Waals surface area contributed by atoms with Gasteiger partial charge in [0.05, 0.1) is 11.2 Å². The molecule has 1 aromatic carbocycles. The minimum atomic E-state index is -3.18. The molecular formula is C12H15Cl2O6P. The summed E-state index contributed by atoms with van der Waals surface area (Å²) < 4.78 is 31.2. The lowest BCUT2D eigenvalue weighted by molar-refractivity contribution is -0.145. The first-order valence-corrected chi connectivity index (χ1v) is 8.32. The van der Waals surface area contributed by atoms with Gasteiger partial charge in [0.1, 0.15) is 12.4 Å². The van der Waals surface area contributed by atoms with Crippen LogP contribution in [-0.2, 0) is 23.1 Å². The molecule has 0 aromatic heterocycles. The van der Waals surface area contributed by atoms with E-state index in [2.05, 4.69) is 0 Å². The third kappa shape index (κ3) is 6.24. The first kappa shape index (κ1) is 18.3. The molecule has 0 aliphatic rings. The number of benzene rings is 1. The third-order valence-corrected chi connectivity index (χ3v) is 4.80. The van der Waals surface area contributed by atoms with Crippen molar-refractivity contribution in [1.29, 1.82) is 0 Å². The van der Waals surface area contributed by atoms with Crippen LogP contribution in [0.15, 0.2) is 18.2 Å². The highest BCUT2D eigenvalue weighted by Crippen LogP contribution is 2.45. The molecule has 1 rings (SSSR count). The number of halogens is 2. The highest BCUT2D eigenvalue weighted by atomic mass is 35.5. The Kier molecular flexibility index (Phi) is 7.49. The Morgan fingerprint density at radius 3 is 2.48 bits per heavy atom. The molecule has 21 heavy (non-hydrogen) atoms. The molecule has 0 aliphatic carbocycles. The first-order chi connectivity index (χ1) is 9.90. The summed E-state index contributed by atoms with van der Waals surface area (Å²) in [4.78, 5) is 11.5. The predicted octanol–water partition coefficient (Wildman–Crippen LogP) is 3.40. The summed E-state index contributed by atoms with van der Waals surface area (Å²) in [6.07, 6.45) is -0.0343. The van der Waals surface area contributed by atoms with Crippen molar-refractivity contribution in [1.82, 2.24) is 0 Å². The second-order valence-corrected chi connectivity index (χ2v) is 7.03. The summed E-state index contributed by atoms with van der Waals surface area (Å²) in [7, 11) is -0.658. The Labute approximate surface area is 132 Å². The third-order valence-electron chi connectivity index (χ3n) is 2.42. The maximum Gasteiger partial charge on any atom is 0.344 e. The highest BCUT2D eigenvalue weighted by Gasteiger charge is 2.21. The second kappa shape index (κ2) is 8.61. The van der Waals surface area contributed by atoms with Crippen LogP contribution >= 0.6 is 30.8 Å². The molecular weight excluding hydrogens is 342 g/mol. The smallest absolute Gasteiger partial charge is 0.344 e. The molecule has 0 aliphatic heterocycles. The number of carbonyl (C=O) groups excluding carboxylic acids is 1. The van der Waals surface area contributed by atoms with Crippen LogP contribution < -0.4 is 4.74 Å². The Morgan fingerprint density at radius 2 is 1.90 bits per heavy atom. The summed E-state index contributed by atoms with van der Waals surface area (Å²) in [6, 6.07) is 4.63. The predicted molar refractivity (Wildman–Crippen MR) is 79.4 cm³/mol. The van der Waals surface area contributed by atoms with Gasteiger partial charge in [-0.1, -0.05) is 23.2 Å². The van der Waals surface area contributed by atoms with Gasteiger partial charge in [0.15, 0.2) is 6.61 Å². The van der Waals surface area contributed by atoms with Crippen molar-refractivity contribution in [3.8, 4) is 5.75 Å². The Hall–Kier alpha value is -0.780. The van der Waals surface area contributed by atoms with E-state index in [4.69, 9.17) is 41.7 Å². The van der Waals surface area contributed by atoms with Crippen LogP contribution in [0, 0.1) is 0 Å². The first-order valence-electron chi connectivity index (χ1n) is 5.84. The number of carbonyl (C=O) groups is 1. The molecule has 0 amide bonds. The largest absolute Gasteiger partial charge is 0.480 e. The van der Waals surface area contributed by atoms with E-state index in [1.54, 1.807) is 12.1 Å². The van der Waals surface area contributed by atoms with Crippen molar-refractivity contribution in [2.45, 2.75) is 0 Å². The minimum Gasteiger partial charge on any atom is -0.480 e. The Balaban J connectivity index is 2.36. The SMILES string of the molecule is COP(=O)(CCOC(=O)COc1ccc(Cl)cc1Cl)OC. The summed E-state index contributed by atoms with van der Waals surface area (Å²) in [5, 5.41) is 0.753. The maximum atomic E-state index is 11.7. The number of esters is 1. The molecule has 118 valence electrons. The van der Waals surface area contributed by atoms with Crippen molar-refractivity contribution < 1.29 is 27.9 Å². The van der Waals surface area contributed by atoms with Gasteiger partial charge in [0.25, 0.3) is 0 Å². The van der Waals surface area contributed by atoms with Crippen LogP contribution in [0.3, 0.4) is 0 Å². The molecule has 0 saturated carbocycles. The zero-order valence-corrected chi connectivity index (χ0v) is 13.9. The van der Waals surface area contributed by atoms with Crippen molar-refractivity contribution in [2.24, 2.45) is 0 Å². The van der Waals surface area contributed by atoms with Crippen molar-refractivity contribution >= 4 is 36.8 Å². The van der Waals surface area contributed by atoms with Crippen LogP contribution in [0.4, 0.5) is 0 Å². The van der Waals surface area contributed by atoms with E-state index in [1.165, 1.54) is 20.3 Å². The van der Waals surface area contributed by atoms with Crippen LogP contribution in [0.25, 0.3) is 0 Å². The Morgan fingerprint density at radius 1 is 1.24 bits per heavy atom. The molecule has 0 unspecified atom stereocenters. The standard InChI is InChI=1S/C12H15Cl2O6P/c1-17-21(16,18-2)6-5-19-12(15)8-20-11-4-3-9(13)7-10(11)14/h3-4,7H,5-6,8H2,1-2H3. The monoisotopic (exact) mass is 356 g/mol. The van der Waals surface area contributed by atoms with Gasteiger partial charge < -0.3 is 18.5 Å². The average Bonchev–Trinajstić information content (AvgIpc) is 2.46. The van der Waals surface area contributed by atoms with E-state index in [9.17, 15) is 9.36 Å². The fourth-order valence-corrected chi connectivity index (χ4v) is 2.59. The molecule has 0 saturated heterocycles. The lowest BCUT2D eigenvalue weighted by Gasteiger charge is -2.13. The van der Waals surface area contributed by atoms with Gasteiger partial charge in [0.2, 0.25) is 0 Å². The van der Waals surface area contributed by atoms with Crippen LogP contribution in [0.5, 0.6) is 5.75 Å². The van der Waals surface area contributed by atoms with Gasteiger partial charge in [0, 0.05) is 19.2 Å². The summed E-state index contributed by atoms with van der Waals surface area (Å²) in [5.41, 5.74) is 0. The topological polar surface area (TPSA) is 71.1 Å². The quantitative estimate of drug-likeness (QED) is 0.525. The van der Waals surface area contributed by atoms with Gasteiger partial charge in [-0.3, -0.25) is 4.57 Å². The fourth-order valence-electron chi connectivity index (χ4n) is 1.30. The van der Waals surface area contributed by atoms with Gasteiger partial charge in [-0.25, -0.2) is 4.79 Å². The Bertz CT molecular complexity index is 528. The second-order valence-electron chi connectivity index (χ2n) is 3.78. The van der Waals surface area contributed by atoms with E-state index < -0.39 is 13.6 Å². The van der Waals surface area contributed by atoms with E-state index in [1.807, 2.05) is 0 Å². The zero-order chi connectivity index (χ0) is 15.9. The minimum absolute atomic E-state index is 0.0343. The molecule has 6 nitrogen and oxygen atoms in total. The van der Waals surface area contributed by atoms with Crippen molar-refractivity contribution in [3.63, 3.8) is 0 Å². The summed E-state index contributed by atoms with van der Waals surface area (Å²) >= 11 is 11.6.